The molecule has 0 aliphatic heterocycles. The van der Waals surface area contributed by atoms with Crippen molar-refractivity contribution in [1.29, 1.82) is 0 Å². The average molecular weight is 1820 g/mol. The van der Waals surface area contributed by atoms with Crippen LogP contribution >= 0.6 is 24.0 Å². The maximum absolute atomic E-state index is 11.8. The molecule has 127 heavy (non-hydrogen) atoms. The van der Waals surface area contributed by atoms with Crippen molar-refractivity contribution < 1.29 is 92.9 Å². The molecular weight excluding hydrogens is 1720 g/mol. The van der Waals surface area contributed by atoms with Gasteiger partial charge in [-0.2, -0.15) is 26.3 Å². The van der Waals surface area contributed by atoms with Crippen LogP contribution < -0.4 is 73.8 Å². The molecule has 0 atom stereocenters. The molecule has 0 fully saturated rings. The van der Waals surface area contributed by atoms with Gasteiger partial charge in [0.25, 0.3) is 15.9 Å². The lowest BCUT2D eigenvalue weighted by Crippen LogP contribution is -2.32. The van der Waals surface area contributed by atoms with E-state index >= 15 is 0 Å². The van der Waals surface area contributed by atoms with Gasteiger partial charge in [-0.1, -0.05) is 109 Å². The number of nitro groups is 1. The number of benzene rings is 9. The highest BCUT2D eigenvalue weighted by Gasteiger charge is 2.21. The standard InChI is InChI=1S/C23H26N2O4.C19H21N3O4S.C19H20N2O2.C12H18BNO4.C11H10ClNO2.C6H6N2O5S.ClH/c1-23(2,3)29-22(26)25-14-15-6-8-16(9-7-15)17-10-11-24-19-13-21(28-5)20(27-4)12-18(17)19;1-22(27(20,23)24)12-13-4-6-14(7-5-13)15-8-9-21-17-11-19(26-3)18(25-2)10-16(15)17;1-20-12-13-4-6-14(7-5-13)15-8-9-21-17-11-19(23-3)18(22-2)10-16(15)17;1-12(2,3)18-11(15)14-8-9-4-6-10(7-5-9)13(16)17;1-14-10-5-7-8(12)3-4-13-9(7)6-11(10)15-2;7-14(11,12)13-6-3-1-5(2-4-6)8(9)10;/h6-13H,14H2,1-5H3,(H,25,26);4-11H,12H2,1-3H3,(H2,20,23,24);4-11,20H,12H2,1-3H3;4-7,16-17H,8H2,1-3H3,(H,14,15);3-6H,1-2H3;1-4H,(H2,7,11,12);1H. The molecule has 13 aromatic rings. The molecule has 37 heteroatoms. The Morgan fingerprint density at radius 1 is 0.457 bits per heavy atom. The van der Waals surface area contributed by atoms with Crippen LogP contribution in [-0.2, 0) is 56.2 Å². The van der Waals surface area contributed by atoms with Gasteiger partial charge in [0.05, 0.1) is 88.9 Å². The number of nitrogens with two attached hydrogens (primary N) is 2. The minimum atomic E-state index is -4.08. The highest BCUT2D eigenvalue weighted by molar-refractivity contribution is 7.86. The number of amides is 2. The Morgan fingerprint density at radius 3 is 1.06 bits per heavy atom. The van der Waals surface area contributed by atoms with Gasteiger partial charge in [-0.15, -0.1) is 12.4 Å². The number of pyridine rings is 4. The summed E-state index contributed by atoms with van der Waals surface area (Å²) in [5, 5.41) is 50.8. The Hall–Kier alpha value is -12.9. The van der Waals surface area contributed by atoms with Crippen LogP contribution in [0.15, 0.2) is 219 Å². The lowest BCUT2D eigenvalue weighted by Gasteiger charge is -2.19. The van der Waals surface area contributed by atoms with Crippen molar-refractivity contribution in [3.63, 3.8) is 0 Å². The van der Waals surface area contributed by atoms with Gasteiger partial charge in [-0.05, 0) is 170 Å². The van der Waals surface area contributed by atoms with E-state index in [9.17, 15) is 36.5 Å². The summed E-state index contributed by atoms with van der Waals surface area (Å²) < 4.78 is 102. The number of non-ortho nitro benzene ring substituents is 1. The third kappa shape index (κ3) is 30.2. The smallest absolute Gasteiger partial charge is 0.488 e. The van der Waals surface area contributed by atoms with Crippen LogP contribution in [0.1, 0.15) is 63.8 Å². The van der Waals surface area contributed by atoms with Gasteiger partial charge in [0.1, 0.15) is 17.0 Å². The highest BCUT2D eigenvalue weighted by atomic mass is 35.5. The molecule has 0 saturated carbocycles. The summed E-state index contributed by atoms with van der Waals surface area (Å²) in [6.45, 7) is 12.7. The molecule has 0 spiro atoms. The lowest BCUT2D eigenvalue weighted by molar-refractivity contribution is -0.384. The Morgan fingerprint density at radius 2 is 0.756 bits per heavy atom. The molecule has 0 saturated heterocycles. The number of alkyl carbamates (subject to hydrolysis) is 2. The fourth-order valence-corrected chi connectivity index (χ4v) is 13.0. The van der Waals surface area contributed by atoms with Crippen LogP contribution in [0.2, 0.25) is 5.02 Å². The number of rotatable bonds is 24. The zero-order chi connectivity index (χ0) is 92.2. The van der Waals surface area contributed by atoms with Crippen molar-refractivity contribution in [1.82, 2.24) is 40.2 Å². The van der Waals surface area contributed by atoms with E-state index in [2.05, 4.69) is 69.5 Å². The molecule has 0 unspecified atom stereocenters. The molecule has 0 aliphatic carbocycles. The zero-order valence-corrected chi connectivity index (χ0v) is 76.0. The molecule has 4 aromatic heterocycles. The minimum Gasteiger partial charge on any atom is -0.493 e. The Bertz CT molecular complexity index is 6110. The summed E-state index contributed by atoms with van der Waals surface area (Å²) in [7, 11) is 7.00. The van der Waals surface area contributed by atoms with Gasteiger partial charge in [-0.25, -0.2) is 14.7 Å². The van der Waals surface area contributed by atoms with Crippen LogP contribution in [0.25, 0.3) is 77.0 Å². The van der Waals surface area contributed by atoms with Crippen LogP contribution in [0.5, 0.6) is 51.7 Å². The fraction of sp³-hybridized carbons (Fsp3) is 0.244. The van der Waals surface area contributed by atoms with Gasteiger partial charge in [-0.3, -0.25) is 30.1 Å². The summed E-state index contributed by atoms with van der Waals surface area (Å²) in [4.78, 5) is 50.3. The van der Waals surface area contributed by atoms with Crippen LogP contribution in [-0.4, -0.2) is 158 Å². The van der Waals surface area contributed by atoms with Crippen molar-refractivity contribution in [3.05, 3.63) is 256 Å². The second kappa shape index (κ2) is 46.9. The number of hydrogen-bond donors (Lipinski definition) is 7. The summed E-state index contributed by atoms with van der Waals surface area (Å²) in [6, 6.07) is 58.1. The van der Waals surface area contributed by atoms with E-state index in [1.165, 1.54) is 12.6 Å². The predicted molar refractivity (Wildman–Crippen MR) is 495 cm³/mol. The normalized spacial score (nSPS) is 11.0. The first kappa shape index (κ1) is 101. The second-order valence-corrected chi connectivity index (χ2v) is 32.6. The number of nitrogens with zero attached hydrogens (tertiary/aromatic N) is 6. The number of halogens is 2. The summed E-state index contributed by atoms with van der Waals surface area (Å²) in [5.74, 6) is 5.19. The predicted octanol–water partition coefficient (Wildman–Crippen LogP) is 15.0. The largest absolute Gasteiger partial charge is 0.493 e. The number of ether oxygens (including phenoxy) is 10. The van der Waals surface area contributed by atoms with E-state index in [4.69, 9.17) is 74.2 Å². The number of carbonyl (C=O) groups excluding carboxylic acids is 2. The SMILES string of the molecule is CC(C)(C)OC(=O)NCc1ccc(B(O)O)cc1.CNCc1ccc(-c2ccnc3cc(OC)c(OC)cc23)cc1.COc1cc2nccc(-c3ccc(CN(C)S(N)(=O)=O)cc3)c2cc1OC.COc1cc2nccc(-c3ccc(CNC(=O)OC(C)(C)C)cc3)c2cc1OC.COc1cc2nccc(Cl)c2cc1OC.Cl.NS(=O)(=O)Oc1ccc([N+](=O)[O-])cc1. The molecule has 13 rings (SSSR count). The van der Waals surface area contributed by atoms with Gasteiger partial charge >= 0.3 is 29.6 Å². The van der Waals surface area contributed by atoms with Crippen molar-refractivity contribution in [2.75, 3.05) is 71.0 Å². The topological polar surface area (TPSA) is 430 Å². The van der Waals surface area contributed by atoms with Gasteiger partial charge in [0.15, 0.2) is 46.0 Å². The summed E-state index contributed by atoms with van der Waals surface area (Å²) in [5.41, 5.74) is 12.8. The van der Waals surface area contributed by atoms with Crippen molar-refractivity contribution >= 4 is 119 Å². The monoisotopic (exact) mass is 1820 g/mol. The highest BCUT2D eigenvalue weighted by Crippen LogP contribution is 2.41. The molecule has 32 nitrogen and oxygen atoms in total. The second-order valence-electron chi connectivity index (χ2n) is 29.3. The molecule has 672 valence electrons. The zero-order valence-electron chi connectivity index (χ0n) is 72.8. The van der Waals surface area contributed by atoms with Gasteiger partial charge < -0.3 is 77.6 Å². The third-order valence-electron chi connectivity index (χ3n) is 18.2. The minimum absolute atomic E-state index is 0. The number of nitrogens with one attached hydrogen (secondary N) is 3. The van der Waals surface area contributed by atoms with Crippen LogP contribution in [0, 0.1) is 10.1 Å². The lowest BCUT2D eigenvalue weighted by atomic mass is 9.80. The molecule has 4 heterocycles. The molecule has 0 bridgehead atoms. The molecule has 9 N–H and O–H groups in total. The first-order chi connectivity index (χ1) is 59.8. The van der Waals surface area contributed by atoms with Crippen LogP contribution in [0.3, 0.4) is 0 Å². The van der Waals surface area contributed by atoms with Crippen molar-refractivity contribution in [2.45, 2.75) is 78.9 Å². The van der Waals surface area contributed by atoms with E-state index in [1.807, 2.05) is 143 Å². The number of nitro benzene ring substituents is 1. The van der Waals surface area contributed by atoms with Crippen molar-refractivity contribution in [3.8, 4) is 85.1 Å². The number of carbonyl (C=O) groups is 2. The van der Waals surface area contributed by atoms with E-state index in [-0.39, 0.29) is 30.4 Å². The summed E-state index contributed by atoms with van der Waals surface area (Å²) in [6.07, 6.45) is 6.10. The first-order valence-electron chi connectivity index (χ1n) is 38.5. The molecule has 0 radical (unpaired) electrons. The number of methoxy groups -OCH3 is 8. The summed E-state index contributed by atoms with van der Waals surface area (Å²) >= 11 is 6.05. The van der Waals surface area contributed by atoms with Gasteiger partial charge in [0.2, 0.25) is 0 Å². The Kier molecular flexibility index (Phi) is 37.3. The number of fused-ring (bicyclic) bond motifs is 4. The Labute approximate surface area is 748 Å². The number of aromatic nitrogens is 4. The average Bonchev–Trinajstić information content (AvgIpc) is 0.791. The Balaban J connectivity index is 0.000000213. The quantitative estimate of drug-likeness (QED) is 0.0168. The van der Waals surface area contributed by atoms with E-state index in [0.717, 1.165) is 129 Å². The molecule has 2 amide bonds. The third-order valence-corrected chi connectivity index (χ3v) is 19.9. The molecular formula is C90H102BCl2N11O21S2. The molecule has 0 aliphatic rings. The molecule has 9 aromatic carbocycles. The van der Waals surface area contributed by atoms with Crippen molar-refractivity contribution in [2.24, 2.45) is 10.3 Å². The number of hydrogen-bond acceptors (Lipinski definition) is 26. The first-order valence-corrected chi connectivity index (χ1v) is 41.9. The maximum Gasteiger partial charge on any atom is 0.488 e. The van der Waals surface area contributed by atoms with Crippen LogP contribution in [0.4, 0.5) is 15.3 Å². The van der Waals surface area contributed by atoms with E-state index < -0.39 is 55.9 Å². The van der Waals surface area contributed by atoms with Gasteiger partial charge in [0, 0.05) is 116 Å². The fourth-order valence-electron chi connectivity index (χ4n) is 12.1. The van der Waals surface area contributed by atoms with E-state index in [1.54, 1.807) is 133 Å². The van der Waals surface area contributed by atoms with E-state index in [0.29, 0.717) is 69.6 Å². The maximum atomic E-state index is 11.8.